The lowest BCUT2D eigenvalue weighted by Gasteiger charge is -2.26. The van der Waals surface area contributed by atoms with Crippen molar-refractivity contribution in [3.05, 3.63) is 35.9 Å². The Hall–Kier alpha value is -1.37. The molecule has 3 nitrogen and oxygen atoms in total. The van der Waals surface area contributed by atoms with E-state index in [4.69, 9.17) is 10.4 Å². The van der Waals surface area contributed by atoms with Gasteiger partial charge >= 0.3 is 0 Å². The average molecular weight is 244 g/mol. The Labute approximate surface area is 109 Å². The van der Waals surface area contributed by atoms with Crippen LogP contribution in [0.15, 0.2) is 30.3 Å². The van der Waals surface area contributed by atoms with Crippen LogP contribution >= 0.6 is 0 Å². The molecule has 1 aromatic rings. The molecule has 1 N–H and O–H groups in total. The Kier molecular flexibility index (Phi) is 4.74. The molecule has 18 heavy (non-hydrogen) atoms. The van der Waals surface area contributed by atoms with Gasteiger partial charge in [0.15, 0.2) is 0 Å². The van der Waals surface area contributed by atoms with Gasteiger partial charge in [-0.3, -0.25) is 4.90 Å². The second-order valence-electron chi connectivity index (χ2n) is 4.95. The van der Waals surface area contributed by atoms with E-state index in [1.165, 1.54) is 5.56 Å². The van der Waals surface area contributed by atoms with E-state index in [1.807, 2.05) is 18.2 Å². The van der Waals surface area contributed by atoms with Gasteiger partial charge in [-0.1, -0.05) is 30.3 Å². The molecule has 1 fully saturated rings. The van der Waals surface area contributed by atoms with Gasteiger partial charge in [0.25, 0.3) is 0 Å². The second kappa shape index (κ2) is 6.53. The Morgan fingerprint density at radius 2 is 2.17 bits per heavy atom. The van der Waals surface area contributed by atoms with E-state index < -0.39 is 0 Å². The van der Waals surface area contributed by atoms with Crippen molar-refractivity contribution in [3.63, 3.8) is 0 Å². The minimum absolute atomic E-state index is 0.208. The first-order valence-corrected chi connectivity index (χ1v) is 6.62. The number of rotatable bonds is 5. The Morgan fingerprint density at radius 1 is 1.39 bits per heavy atom. The molecule has 1 heterocycles. The van der Waals surface area contributed by atoms with Gasteiger partial charge < -0.3 is 5.11 Å². The molecule has 0 radical (unpaired) electrons. The summed E-state index contributed by atoms with van der Waals surface area (Å²) >= 11 is 0. The molecule has 2 rings (SSSR count). The van der Waals surface area contributed by atoms with Crippen LogP contribution < -0.4 is 0 Å². The average Bonchev–Trinajstić information content (AvgIpc) is 2.86. The van der Waals surface area contributed by atoms with E-state index >= 15 is 0 Å². The Bertz CT molecular complexity index is 399. The van der Waals surface area contributed by atoms with Gasteiger partial charge in [0, 0.05) is 19.2 Å². The number of hydrogen-bond donors (Lipinski definition) is 1. The normalized spacial score (nSPS) is 21.7. The van der Waals surface area contributed by atoms with Crippen LogP contribution in [0.5, 0.6) is 0 Å². The minimum Gasteiger partial charge on any atom is -0.396 e. The lowest BCUT2D eigenvalue weighted by molar-refractivity contribution is 0.221. The molecule has 0 aliphatic carbocycles. The highest BCUT2D eigenvalue weighted by Gasteiger charge is 2.28. The van der Waals surface area contributed by atoms with Gasteiger partial charge in [0.2, 0.25) is 0 Å². The van der Waals surface area contributed by atoms with E-state index in [0.29, 0.717) is 12.3 Å². The van der Waals surface area contributed by atoms with Crippen LogP contribution in [0.2, 0.25) is 0 Å². The zero-order chi connectivity index (χ0) is 12.8. The van der Waals surface area contributed by atoms with Crippen molar-refractivity contribution in [3.8, 4) is 6.07 Å². The highest BCUT2D eigenvalue weighted by Crippen LogP contribution is 2.30. The van der Waals surface area contributed by atoms with Crippen LogP contribution in [0.4, 0.5) is 0 Å². The summed E-state index contributed by atoms with van der Waals surface area (Å²) in [5.74, 6) is 0.583. The van der Waals surface area contributed by atoms with Crippen molar-refractivity contribution in [1.82, 2.24) is 4.90 Å². The van der Waals surface area contributed by atoms with Gasteiger partial charge in [0.1, 0.15) is 0 Å². The van der Waals surface area contributed by atoms with Gasteiger partial charge in [-0.25, -0.2) is 0 Å². The molecular weight excluding hydrogens is 224 g/mol. The maximum absolute atomic E-state index is 9.01. The number of aliphatic hydroxyl groups is 1. The van der Waals surface area contributed by atoms with Crippen LogP contribution in [0.1, 0.15) is 30.9 Å². The summed E-state index contributed by atoms with van der Waals surface area (Å²) in [5.41, 5.74) is 1.23. The van der Waals surface area contributed by atoms with E-state index in [1.54, 1.807) is 0 Å². The molecule has 2 atom stereocenters. The van der Waals surface area contributed by atoms with Crippen LogP contribution in [0.3, 0.4) is 0 Å². The lowest BCUT2D eigenvalue weighted by atomic mass is 10.0. The first-order valence-electron chi connectivity index (χ1n) is 6.62. The highest BCUT2D eigenvalue weighted by atomic mass is 16.3. The molecule has 0 spiro atoms. The topological polar surface area (TPSA) is 47.3 Å². The number of nitriles is 1. The van der Waals surface area contributed by atoms with Gasteiger partial charge in [-0.2, -0.15) is 5.26 Å². The van der Waals surface area contributed by atoms with E-state index in [-0.39, 0.29) is 12.6 Å². The zero-order valence-corrected chi connectivity index (χ0v) is 10.6. The molecule has 1 aromatic carbocycles. The molecule has 96 valence electrons. The van der Waals surface area contributed by atoms with Crippen LogP contribution in [-0.4, -0.2) is 29.7 Å². The number of hydrogen-bond acceptors (Lipinski definition) is 3. The number of likely N-dealkylation sites (tertiary alicyclic amines) is 1. The molecule has 0 amide bonds. The number of aliphatic hydroxyl groups excluding tert-OH is 1. The van der Waals surface area contributed by atoms with Crippen molar-refractivity contribution < 1.29 is 5.11 Å². The zero-order valence-electron chi connectivity index (χ0n) is 10.6. The monoisotopic (exact) mass is 244 g/mol. The van der Waals surface area contributed by atoms with Crippen molar-refractivity contribution >= 4 is 0 Å². The smallest absolute Gasteiger partial charge is 0.0641 e. The fourth-order valence-corrected chi connectivity index (χ4v) is 2.78. The van der Waals surface area contributed by atoms with E-state index in [9.17, 15) is 0 Å². The maximum Gasteiger partial charge on any atom is 0.0641 e. The predicted molar refractivity (Wildman–Crippen MR) is 70.8 cm³/mol. The summed E-state index contributed by atoms with van der Waals surface area (Å²) in [7, 11) is 0. The molecule has 0 aromatic heterocycles. The molecule has 3 heteroatoms. The highest BCUT2D eigenvalue weighted by molar-refractivity contribution is 5.20. The lowest BCUT2D eigenvalue weighted by Crippen LogP contribution is -2.26. The Morgan fingerprint density at radius 3 is 2.83 bits per heavy atom. The molecular formula is C15H20N2O. The predicted octanol–water partition coefficient (Wildman–Crippen LogP) is 2.35. The second-order valence-corrected chi connectivity index (χ2v) is 4.95. The molecule has 1 aliphatic heterocycles. The van der Waals surface area contributed by atoms with Crippen molar-refractivity contribution in [2.24, 2.45) is 5.92 Å². The van der Waals surface area contributed by atoms with Crippen LogP contribution in [0, 0.1) is 17.2 Å². The van der Waals surface area contributed by atoms with Crippen LogP contribution in [-0.2, 0) is 0 Å². The van der Waals surface area contributed by atoms with Gasteiger partial charge in [0.05, 0.1) is 12.5 Å². The molecule has 0 bridgehead atoms. The van der Waals surface area contributed by atoms with E-state index in [0.717, 1.165) is 25.9 Å². The van der Waals surface area contributed by atoms with E-state index in [2.05, 4.69) is 23.1 Å². The molecule has 1 aliphatic rings. The van der Waals surface area contributed by atoms with Crippen molar-refractivity contribution in [2.75, 3.05) is 19.7 Å². The molecule has 1 saturated heterocycles. The SMILES string of the molecule is N#CCC(c1ccccc1)N1CCC(CCO)C1. The molecule has 0 saturated carbocycles. The summed E-state index contributed by atoms with van der Waals surface area (Å²) in [4.78, 5) is 2.39. The molecule has 2 unspecified atom stereocenters. The van der Waals surface area contributed by atoms with Crippen molar-refractivity contribution in [2.45, 2.75) is 25.3 Å². The minimum atomic E-state index is 0.208. The van der Waals surface area contributed by atoms with Crippen molar-refractivity contribution in [1.29, 1.82) is 5.26 Å². The largest absolute Gasteiger partial charge is 0.396 e. The third kappa shape index (κ3) is 3.10. The van der Waals surface area contributed by atoms with Gasteiger partial charge in [-0.15, -0.1) is 0 Å². The third-order valence-corrected chi connectivity index (χ3v) is 3.76. The summed E-state index contributed by atoms with van der Waals surface area (Å²) in [6.07, 6.45) is 2.55. The fraction of sp³-hybridized carbons (Fsp3) is 0.533. The fourth-order valence-electron chi connectivity index (χ4n) is 2.78. The number of nitrogens with zero attached hydrogens (tertiary/aromatic N) is 2. The third-order valence-electron chi connectivity index (χ3n) is 3.76. The maximum atomic E-state index is 9.01. The first-order chi connectivity index (χ1) is 8.85. The van der Waals surface area contributed by atoms with Gasteiger partial charge in [-0.05, 0) is 30.9 Å². The quantitative estimate of drug-likeness (QED) is 0.865. The summed E-state index contributed by atoms with van der Waals surface area (Å²) < 4.78 is 0. The first kappa shape index (κ1) is 13.1. The summed E-state index contributed by atoms with van der Waals surface area (Å²) in [5, 5.41) is 18.0. The Balaban J connectivity index is 2.06. The summed E-state index contributed by atoms with van der Waals surface area (Å²) in [6, 6.07) is 12.8. The van der Waals surface area contributed by atoms with Crippen LogP contribution in [0.25, 0.3) is 0 Å². The standard InChI is InChI=1S/C15H20N2O/c16-9-6-15(14-4-2-1-3-5-14)17-10-7-13(12-17)8-11-18/h1-5,13,15,18H,6-8,10-12H2. The summed E-state index contributed by atoms with van der Waals surface area (Å²) in [6.45, 7) is 2.31. The number of benzene rings is 1.